The Kier molecular flexibility index (Phi) is 5.89. The van der Waals surface area contributed by atoms with Crippen LogP contribution in [0.1, 0.15) is 59.8 Å². The maximum Gasteiger partial charge on any atom is 0.303 e. The lowest BCUT2D eigenvalue weighted by molar-refractivity contribution is -0.241. The van der Waals surface area contributed by atoms with Gasteiger partial charge in [-0.1, -0.05) is 26.3 Å². The van der Waals surface area contributed by atoms with Crippen molar-refractivity contribution < 1.29 is 42.5 Å². The summed E-state index contributed by atoms with van der Waals surface area (Å²) in [5.74, 6) is -3.19. The molecule has 1 N–H and O–H groups in total. The third-order valence-electron chi connectivity index (χ3n) is 9.79. The van der Waals surface area contributed by atoms with Crippen LogP contribution in [0.25, 0.3) is 0 Å². The van der Waals surface area contributed by atoms with Crippen molar-refractivity contribution in [2.24, 2.45) is 22.7 Å². The van der Waals surface area contributed by atoms with Gasteiger partial charge >= 0.3 is 5.97 Å². The van der Waals surface area contributed by atoms with Gasteiger partial charge in [0.05, 0.1) is 6.10 Å². The van der Waals surface area contributed by atoms with Gasteiger partial charge < -0.3 is 19.3 Å². The molecule has 0 bridgehead atoms. The smallest absolute Gasteiger partial charge is 0.303 e. The van der Waals surface area contributed by atoms with Crippen LogP contribution in [0.2, 0.25) is 0 Å². The Bertz CT molecular complexity index is 1060. The van der Waals surface area contributed by atoms with Crippen molar-refractivity contribution in [2.75, 3.05) is 6.61 Å². The van der Waals surface area contributed by atoms with Crippen LogP contribution in [0.15, 0.2) is 23.8 Å². The van der Waals surface area contributed by atoms with Gasteiger partial charge in [-0.05, 0) is 56.3 Å². The summed E-state index contributed by atoms with van der Waals surface area (Å²) >= 11 is 0. The van der Waals surface area contributed by atoms with Crippen molar-refractivity contribution in [1.82, 2.24) is 0 Å². The molecule has 7 nitrogen and oxygen atoms in total. The molecule has 3 saturated carbocycles. The van der Waals surface area contributed by atoms with Crippen LogP contribution in [-0.4, -0.2) is 65.2 Å². The molecule has 0 aromatic rings. The van der Waals surface area contributed by atoms with E-state index in [4.69, 9.17) is 14.2 Å². The second kappa shape index (κ2) is 8.27. The minimum absolute atomic E-state index is 0.0457. The summed E-state index contributed by atoms with van der Waals surface area (Å²) in [7, 11) is 0. The first-order chi connectivity index (χ1) is 16.9. The molecule has 4 fully saturated rings. The fourth-order valence-corrected chi connectivity index (χ4v) is 8.29. The number of allylic oxidation sites excluding steroid dienone is 4. The second-order valence-corrected chi connectivity index (χ2v) is 11.5. The van der Waals surface area contributed by atoms with Crippen LogP contribution >= 0.6 is 0 Å². The summed E-state index contributed by atoms with van der Waals surface area (Å²) in [4.78, 5) is 37.7. The summed E-state index contributed by atoms with van der Waals surface area (Å²) < 4.78 is 51.6. The van der Waals surface area contributed by atoms with Crippen LogP contribution in [0, 0.1) is 22.7 Å². The lowest BCUT2D eigenvalue weighted by Gasteiger charge is -2.63. The number of rotatable bonds is 5. The Morgan fingerprint density at radius 2 is 1.97 bits per heavy atom. The van der Waals surface area contributed by atoms with Gasteiger partial charge in [-0.15, -0.1) is 0 Å². The molecule has 198 valence electrons. The van der Waals surface area contributed by atoms with Gasteiger partial charge in [0.2, 0.25) is 0 Å². The Labute approximate surface area is 209 Å². The van der Waals surface area contributed by atoms with Crippen molar-refractivity contribution in [3.05, 3.63) is 23.8 Å². The van der Waals surface area contributed by atoms with Crippen molar-refractivity contribution >= 4 is 17.5 Å². The molecule has 0 radical (unpaired) electrons. The van der Waals surface area contributed by atoms with Crippen LogP contribution in [-0.2, 0) is 28.6 Å². The molecule has 1 saturated heterocycles. The van der Waals surface area contributed by atoms with Crippen molar-refractivity contribution in [3.8, 4) is 0 Å². The molecular formula is C27H34F2O7. The number of alkyl halides is 2. The summed E-state index contributed by atoms with van der Waals surface area (Å²) in [6.45, 7) is 5.70. The number of ether oxygens (including phenoxy) is 3. The van der Waals surface area contributed by atoms with E-state index in [9.17, 15) is 19.5 Å². The largest absolute Gasteiger partial charge is 0.459 e. The van der Waals surface area contributed by atoms with Gasteiger partial charge in [0.1, 0.15) is 18.9 Å². The number of aliphatic hydroxyl groups is 1. The second-order valence-electron chi connectivity index (χ2n) is 11.5. The van der Waals surface area contributed by atoms with E-state index in [0.717, 1.165) is 12.5 Å². The Balaban J connectivity index is 1.67. The summed E-state index contributed by atoms with van der Waals surface area (Å²) in [5.41, 5.74) is -6.37. The molecule has 1 aliphatic heterocycles. The molecule has 4 aliphatic carbocycles. The molecule has 0 spiro atoms. The molecule has 9 heteroatoms. The average Bonchev–Trinajstić information content (AvgIpc) is 3.29. The minimum atomic E-state index is -2.24. The van der Waals surface area contributed by atoms with Gasteiger partial charge in [-0.2, -0.15) is 0 Å². The van der Waals surface area contributed by atoms with E-state index in [1.54, 1.807) is 13.8 Å². The molecule has 0 aromatic carbocycles. The number of carbonyl (C=O) groups is 3. The van der Waals surface area contributed by atoms with Crippen LogP contribution in [0.3, 0.4) is 0 Å². The number of halogens is 2. The first-order valence-corrected chi connectivity index (χ1v) is 12.8. The first kappa shape index (κ1) is 25.7. The monoisotopic (exact) mass is 508 g/mol. The van der Waals surface area contributed by atoms with Crippen molar-refractivity contribution in [3.63, 3.8) is 0 Å². The lowest BCUT2D eigenvalue weighted by atomic mass is 9.44. The van der Waals surface area contributed by atoms with E-state index in [-0.39, 0.29) is 24.8 Å². The van der Waals surface area contributed by atoms with E-state index in [1.165, 1.54) is 19.1 Å². The number of ketones is 2. The van der Waals surface area contributed by atoms with E-state index in [0.29, 0.717) is 6.42 Å². The zero-order valence-electron chi connectivity index (χ0n) is 21.1. The molecule has 0 aromatic heterocycles. The van der Waals surface area contributed by atoms with Crippen molar-refractivity contribution in [1.29, 1.82) is 0 Å². The number of aliphatic hydroxyl groups excluding tert-OH is 1. The molecule has 1 heterocycles. The van der Waals surface area contributed by atoms with E-state index in [1.807, 2.05) is 6.92 Å². The zero-order valence-corrected chi connectivity index (χ0v) is 21.1. The van der Waals surface area contributed by atoms with E-state index < -0.39 is 82.7 Å². The third-order valence-corrected chi connectivity index (χ3v) is 9.79. The predicted molar refractivity (Wildman–Crippen MR) is 123 cm³/mol. The summed E-state index contributed by atoms with van der Waals surface area (Å²) in [6, 6.07) is 0. The quantitative estimate of drug-likeness (QED) is 0.569. The van der Waals surface area contributed by atoms with Crippen molar-refractivity contribution in [2.45, 2.75) is 95.7 Å². The number of esters is 1. The minimum Gasteiger partial charge on any atom is -0.459 e. The highest BCUT2D eigenvalue weighted by Crippen LogP contribution is 2.72. The maximum absolute atomic E-state index is 17.8. The Morgan fingerprint density at radius 1 is 1.25 bits per heavy atom. The maximum atomic E-state index is 17.8. The molecular weight excluding hydrogens is 474 g/mol. The summed E-state index contributed by atoms with van der Waals surface area (Å²) in [6.07, 6.45) is 0.702. The molecule has 10 atom stereocenters. The molecule has 36 heavy (non-hydrogen) atoms. The summed E-state index contributed by atoms with van der Waals surface area (Å²) in [5, 5.41) is 9.96. The fourth-order valence-electron chi connectivity index (χ4n) is 8.29. The fraction of sp³-hybridized carbons (Fsp3) is 0.741. The first-order valence-electron chi connectivity index (χ1n) is 12.8. The number of Topliss-reactive ketones (excluding diaryl/α,β-unsaturated/α-hetero) is 1. The van der Waals surface area contributed by atoms with Gasteiger partial charge in [-0.25, -0.2) is 8.78 Å². The van der Waals surface area contributed by atoms with Gasteiger partial charge in [-0.3, -0.25) is 14.4 Å². The van der Waals surface area contributed by atoms with Gasteiger partial charge in [0.25, 0.3) is 0 Å². The Hall–Kier alpha value is -1.97. The van der Waals surface area contributed by atoms with Crippen LogP contribution in [0.4, 0.5) is 8.78 Å². The SMILES string of the molecule is CCC[C@@H]1O[C@@H]2C[C@H]3[C@@H]4C[C@H](F)C5=CC(=O)C=C[C@]5(C)[C@@]4(F)[C@@H](OC(C)=O)C[C@]3(C)[C@]2(C(=O)CO)O1. The Morgan fingerprint density at radius 3 is 2.61 bits per heavy atom. The normalized spacial score (nSPS) is 49.0. The number of fused-ring (bicyclic) bond motifs is 7. The van der Waals surface area contributed by atoms with Crippen LogP contribution < -0.4 is 0 Å². The molecule has 0 unspecified atom stereocenters. The van der Waals surface area contributed by atoms with E-state index >= 15 is 8.78 Å². The number of carbonyl (C=O) groups excluding carboxylic acids is 3. The van der Waals surface area contributed by atoms with E-state index in [2.05, 4.69) is 0 Å². The molecule has 5 aliphatic rings. The lowest BCUT2D eigenvalue weighted by Crippen LogP contribution is -2.71. The number of hydrogen-bond donors (Lipinski definition) is 1. The number of hydrogen-bond acceptors (Lipinski definition) is 7. The topological polar surface area (TPSA) is 99.1 Å². The van der Waals surface area contributed by atoms with Crippen LogP contribution in [0.5, 0.6) is 0 Å². The molecule has 5 rings (SSSR count). The predicted octanol–water partition coefficient (Wildman–Crippen LogP) is 3.33. The zero-order chi connectivity index (χ0) is 26.3. The highest BCUT2D eigenvalue weighted by molar-refractivity contribution is 6.01. The van der Waals surface area contributed by atoms with Gasteiger partial charge in [0.15, 0.2) is 29.1 Å². The average molecular weight is 509 g/mol. The highest BCUT2D eigenvalue weighted by Gasteiger charge is 2.80. The third kappa shape index (κ3) is 3.02. The van der Waals surface area contributed by atoms with Gasteiger partial charge in [0, 0.05) is 23.7 Å². The highest BCUT2D eigenvalue weighted by atomic mass is 19.1. The standard InChI is InChI=1S/C27H34F2O7/c1-5-6-23-35-21-11-16-17-10-19(28)18-9-15(32)7-8-24(18,3)26(17,29)22(34-14(2)31)12-25(16,4)27(21,36-23)20(33)13-30/h7-9,16-17,19,21-23,30H,5-6,10-13H2,1-4H3/t16-,17-,19-,21+,22-,23+,24-,25-,26-,27+/m0/s1. The molecule has 0 amide bonds.